The minimum absolute atomic E-state index is 0.0906. The SMILES string of the molecule is CNc1c(CSc2ncns2)cccc1[N+](=O)[O-]. The summed E-state index contributed by atoms with van der Waals surface area (Å²) in [4.78, 5) is 14.6. The van der Waals surface area contributed by atoms with Gasteiger partial charge in [0.05, 0.1) is 4.92 Å². The number of hydrogen-bond acceptors (Lipinski definition) is 7. The average molecular weight is 282 g/mol. The van der Waals surface area contributed by atoms with Crippen molar-refractivity contribution in [3.63, 3.8) is 0 Å². The molecule has 1 heterocycles. The van der Waals surface area contributed by atoms with Crippen molar-refractivity contribution in [2.75, 3.05) is 12.4 Å². The van der Waals surface area contributed by atoms with E-state index in [9.17, 15) is 10.1 Å². The molecule has 0 unspecified atom stereocenters. The highest BCUT2D eigenvalue weighted by Crippen LogP contribution is 2.32. The molecule has 18 heavy (non-hydrogen) atoms. The zero-order valence-corrected chi connectivity index (χ0v) is 11.1. The molecule has 1 aromatic heterocycles. The van der Waals surface area contributed by atoms with Crippen molar-refractivity contribution < 1.29 is 4.92 Å². The molecule has 0 spiro atoms. The second kappa shape index (κ2) is 5.78. The molecule has 1 N–H and O–H groups in total. The first-order chi connectivity index (χ1) is 8.72. The highest BCUT2D eigenvalue weighted by atomic mass is 32.2. The van der Waals surface area contributed by atoms with Gasteiger partial charge in [-0.1, -0.05) is 23.9 Å². The molecule has 8 heteroatoms. The lowest BCUT2D eigenvalue weighted by atomic mass is 10.1. The average Bonchev–Trinajstić information content (AvgIpc) is 2.88. The van der Waals surface area contributed by atoms with Crippen molar-refractivity contribution in [3.8, 4) is 0 Å². The Kier molecular flexibility index (Phi) is 4.11. The number of nitrogens with zero attached hydrogens (tertiary/aromatic N) is 3. The molecule has 0 bridgehead atoms. The minimum atomic E-state index is -0.384. The molecule has 0 radical (unpaired) electrons. The Morgan fingerprint density at radius 1 is 1.56 bits per heavy atom. The van der Waals surface area contributed by atoms with Gasteiger partial charge in [0, 0.05) is 18.9 Å². The normalized spacial score (nSPS) is 10.3. The number of rotatable bonds is 5. The van der Waals surface area contributed by atoms with Gasteiger partial charge in [-0.3, -0.25) is 10.1 Å². The number of nitrogens with one attached hydrogen (secondary N) is 1. The van der Waals surface area contributed by atoms with Crippen LogP contribution in [0.1, 0.15) is 5.56 Å². The lowest BCUT2D eigenvalue weighted by Crippen LogP contribution is -2.00. The number of nitro groups is 1. The molecule has 6 nitrogen and oxygen atoms in total. The summed E-state index contributed by atoms with van der Waals surface area (Å²) in [7, 11) is 1.68. The Bertz CT molecular complexity index is 545. The number of nitro benzene ring substituents is 1. The highest BCUT2D eigenvalue weighted by Gasteiger charge is 2.16. The van der Waals surface area contributed by atoms with Gasteiger partial charge in [0.25, 0.3) is 5.69 Å². The van der Waals surface area contributed by atoms with E-state index in [2.05, 4.69) is 14.7 Å². The van der Waals surface area contributed by atoms with Gasteiger partial charge >= 0.3 is 0 Å². The Balaban J connectivity index is 2.22. The summed E-state index contributed by atoms with van der Waals surface area (Å²) in [5, 5.41) is 13.8. The second-order valence-electron chi connectivity index (χ2n) is 3.31. The van der Waals surface area contributed by atoms with Crippen LogP contribution in [0.5, 0.6) is 0 Å². The summed E-state index contributed by atoms with van der Waals surface area (Å²) >= 11 is 2.83. The second-order valence-corrected chi connectivity index (χ2v) is 5.32. The third-order valence-corrected chi connectivity index (χ3v) is 4.11. The highest BCUT2D eigenvalue weighted by molar-refractivity contribution is 8.00. The quantitative estimate of drug-likeness (QED) is 0.516. The zero-order chi connectivity index (χ0) is 13.0. The van der Waals surface area contributed by atoms with Crippen molar-refractivity contribution in [1.82, 2.24) is 9.36 Å². The van der Waals surface area contributed by atoms with Gasteiger partial charge in [0.15, 0.2) is 4.34 Å². The summed E-state index contributed by atoms with van der Waals surface area (Å²) in [6.45, 7) is 0. The Morgan fingerprint density at radius 2 is 2.39 bits per heavy atom. The van der Waals surface area contributed by atoms with E-state index in [1.165, 1.54) is 35.7 Å². The molecule has 0 aliphatic heterocycles. The topological polar surface area (TPSA) is 81.0 Å². The lowest BCUT2D eigenvalue weighted by molar-refractivity contribution is -0.384. The smallest absolute Gasteiger partial charge is 0.292 e. The van der Waals surface area contributed by atoms with E-state index in [1.807, 2.05) is 6.07 Å². The van der Waals surface area contributed by atoms with Gasteiger partial charge in [0.1, 0.15) is 12.0 Å². The van der Waals surface area contributed by atoms with Crippen LogP contribution in [-0.2, 0) is 5.75 Å². The Labute approximate surface area is 112 Å². The fourth-order valence-corrected chi connectivity index (χ4v) is 2.95. The summed E-state index contributed by atoms with van der Waals surface area (Å²) in [5.41, 5.74) is 1.53. The van der Waals surface area contributed by atoms with Crippen LogP contribution < -0.4 is 5.32 Å². The maximum Gasteiger partial charge on any atom is 0.292 e. The van der Waals surface area contributed by atoms with Gasteiger partial charge in [-0.2, -0.15) is 4.37 Å². The first-order valence-corrected chi connectivity index (χ1v) is 6.81. The summed E-state index contributed by atoms with van der Waals surface area (Å²) in [5.74, 6) is 0.618. The summed E-state index contributed by atoms with van der Waals surface area (Å²) in [6, 6.07) is 5.05. The van der Waals surface area contributed by atoms with Crippen LogP contribution >= 0.6 is 23.3 Å². The lowest BCUT2D eigenvalue weighted by Gasteiger charge is -2.08. The number of thioether (sulfide) groups is 1. The fourth-order valence-electron chi connectivity index (χ4n) is 1.51. The molecule has 1 aromatic carbocycles. The van der Waals surface area contributed by atoms with Crippen LogP contribution in [0.4, 0.5) is 11.4 Å². The fraction of sp³-hybridized carbons (Fsp3) is 0.200. The molecule has 2 aromatic rings. The number of anilines is 1. The molecule has 0 fully saturated rings. The van der Waals surface area contributed by atoms with Crippen molar-refractivity contribution in [1.29, 1.82) is 0 Å². The molecule has 0 saturated carbocycles. The molecule has 0 aliphatic rings. The number of aromatic nitrogens is 2. The van der Waals surface area contributed by atoms with Crippen LogP contribution in [-0.4, -0.2) is 21.3 Å². The van der Waals surface area contributed by atoms with E-state index in [0.29, 0.717) is 11.4 Å². The third kappa shape index (κ3) is 2.77. The summed E-state index contributed by atoms with van der Waals surface area (Å²) < 4.78 is 4.76. The van der Waals surface area contributed by atoms with Gasteiger partial charge in [0.2, 0.25) is 0 Å². The van der Waals surface area contributed by atoms with E-state index in [0.717, 1.165) is 9.90 Å². The van der Waals surface area contributed by atoms with Crippen molar-refractivity contribution >= 4 is 34.7 Å². The van der Waals surface area contributed by atoms with E-state index in [4.69, 9.17) is 0 Å². The van der Waals surface area contributed by atoms with Gasteiger partial charge in [-0.25, -0.2) is 4.98 Å². The molecular weight excluding hydrogens is 272 g/mol. The summed E-state index contributed by atoms with van der Waals surface area (Å²) in [6.07, 6.45) is 1.50. The maximum absolute atomic E-state index is 10.9. The van der Waals surface area contributed by atoms with Crippen LogP contribution in [0.2, 0.25) is 0 Å². The Hall–Kier alpha value is -1.67. The van der Waals surface area contributed by atoms with Crippen LogP contribution in [0.3, 0.4) is 0 Å². The minimum Gasteiger partial charge on any atom is -0.382 e. The van der Waals surface area contributed by atoms with Crippen LogP contribution in [0, 0.1) is 10.1 Å². The van der Waals surface area contributed by atoms with Gasteiger partial charge in [-0.15, -0.1) is 0 Å². The molecule has 2 rings (SSSR count). The van der Waals surface area contributed by atoms with Crippen LogP contribution in [0.15, 0.2) is 28.9 Å². The molecule has 94 valence electrons. The molecule has 0 aliphatic carbocycles. The Morgan fingerprint density at radius 3 is 3.00 bits per heavy atom. The van der Waals surface area contributed by atoms with E-state index < -0.39 is 0 Å². The predicted octanol–water partition coefficient (Wildman–Crippen LogP) is 2.78. The third-order valence-electron chi connectivity index (χ3n) is 2.27. The van der Waals surface area contributed by atoms with E-state index in [1.54, 1.807) is 13.1 Å². The van der Waals surface area contributed by atoms with Crippen molar-refractivity contribution in [2.24, 2.45) is 0 Å². The van der Waals surface area contributed by atoms with Crippen molar-refractivity contribution in [2.45, 2.75) is 10.1 Å². The number of hydrogen-bond donors (Lipinski definition) is 1. The standard InChI is InChI=1S/C10H10N4O2S2/c1-11-9-7(3-2-4-8(9)14(15)16)5-17-10-12-6-13-18-10/h2-4,6,11H,5H2,1H3. The molecular formula is C10H10N4O2S2. The van der Waals surface area contributed by atoms with Crippen LogP contribution in [0.25, 0.3) is 0 Å². The molecule has 0 amide bonds. The molecule has 0 atom stereocenters. The maximum atomic E-state index is 10.9. The zero-order valence-electron chi connectivity index (χ0n) is 9.49. The van der Waals surface area contributed by atoms with Crippen molar-refractivity contribution in [3.05, 3.63) is 40.2 Å². The monoisotopic (exact) mass is 282 g/mol. The number of para-hydroxylation sites is 1. The van der Waals surface area contributed by atoms with Gasteiger partial charge < -0.3 is 5.32 Å². The molecule has 0 saturated heterocycles. The number of benzene rings is 1. The van der Waals surface area contributed by atoms with Gasteiger partial charge in [-0.05, 0) is 17.1 Å². The predicted molar refractivity (Wildman–Crippen MR) is 72.1 cm³/mol. The largest absolute Gasteiger partial charge is 0.382 e. The first-order valence-electron chi connectivity index (χ1n) is 5.06. The van der Waals surface area contributed by atoms with E-state index >= 15 is 0 Å². The van der Waals surface area contributed by atoms with E-state index in [-0.39, 0.29) is 10.6 Å². The first kappa shape index (κ1) is 12.8.